The Morgan fingerprint density at radius 3 is 2.12 bits per heavy atom. The second-order valence-electron chi connectivity index (χ2n) is 7.29. The number of nitrogens with zero attached hydrogens (tertiary/aromatic N) is 2. The maximum Gasteiger partial charge on any atom is 0.0125 e. The summed E-state index contributed by atoms with van der Waals surface area (Å²) < 4.78 is 0. The zero-order chi connectivity index (χ0) is 12.7. The summed E-state index contributed by atoms with van der Waals surface area (Å²) in [6, 6.07) is 0.876. The molecule has 2 rings (SSSR count). The van der Waals surface area contributed by atoms with Gasteiger partial charge in [-0.15, -0.1) is 0 Å². The molecule has 1 aliphatic carbocycles. The average Bonchev–Trinajstić information content (AvgIpc) is 2.23. The fraction of sp³-hybridized carbons (Fsp3) is 1.00. The zero-order valence-corrected chi connectivity index (χ0v) is 12.4. The number of likely N-dealkylation sites (tertiary alicyclic amines) is 1. The van der Waals surface area contributed by atoms with Crippen LogP contribution in [-0.4, -0.2) is 48.1 Å². The summed E-state index contributed by atoms with van der Waals surface area (Å²) in [6.07, 6.45) is 5.77. The summed E-state index contributed by atoms with van der Waals surface area (Å²) in [5.41, 5.74) is 1.08. The molecular weight excluding hydrogens is 208 g/mol. The van der Waals surface area contributed by atoms with E-state index in [4.69, 9.17) is 0 Å². The van der Waals surface area contributed by atoms with Gasteiger partial charge >= 0.3 is 0 Å². The highest BCUT2D eigenvalue weighted by Gasteiger charge is 2.47. The minimum absolute atomic E-state index is 0.366. The van der Waals surface area contributed by atoms with Crippen molar-refractivity contribution in [3.8, 4) is 0 Å². The predicted octanol–water partition coefficient (Wildman–Crippen LogP) is 2.98. The van der Waals surface area contributed by atoms with E-state index in [9.17, 15) is 0 Å². The second kappa shape index (κ2) is 4.55. The first-order valence-electron chi connectivity index (χ1n) is 7.32. The summed E-state index contributed by atoms with van der Waals surface area (Å²) in [7, 11) is 2.28. The van der Waals surface area contributed by atoms with E-state index in [0.29, 0.717) is 5.54 Å². The molecule has 2 aliphatic rings. The van der Waals surface area contributed by atoms with E-state index in [-0.39, 0.29) is 0 Å². The molecule has 0 aromatic heterocycles. The van der Waals surface area contributed by atoms with Crippen molar-refractivity contribution in [2.75, 3.05) is 26.7 Å². The molecule has 0 bridgehead atoms. The molecule has 1 spiro atoms. The lowest BCUT2D eigenvalue weighted by Crippen LogP contribution is -2.56. The summed E-state index contributed by atoms with van der Waals surface area (Å²) >= 11 is 0. The van der Waals surface area contributed by atoms with Crippen LogP contribution in [0, 0.1) is 5.41 Å². The molecule has 0 aromatic rings. The van der Waals surface area contributed by atoms with Crippen LogP contribution < -0.4 is 0 Å². The molecule has 0 N–H and O–H groups in total. The first-order valence-corrected chi connectivity index (χ1v) is 7.32. The van der Waals surface area contributed by atoms with Crippen LogP contribution in [0.3, 0.4) is 0 Å². The van der Waals surface area contributed by atoms with Crippen molar-refractivity contribution in [2.45, 2.75) is 65.0 Å². The predicted molar refractivity (Wildman–Crippen MR) is 74.3 cm³/mol. The Bertz CT molecular complexity index is 251. The molecule has 0 atom stereocenters. The van der Waals surface area contributed by atoms with Crippen molar-refractivity contribution in [1.29, 1.82) is 0 Å². The number of hydrogen-bond donors (Lipinski definition) is 0. The van der Waals surface area contributed by atoms with E-state index in [2.05, 4.69) is 44.5 Å². The van der Waals surface area contributed by atoms with E-state index < -0.39 is 0 Å². The average molecular weight is 238 g/mol. The van der Waals surface area contributed by atoms with Gasteiger partial charge in [-0.05, 0) is 78.6 Å². The van der Waals surface area contributed by atoms with Gasteiger partial charge < -0.3 is 4.90 Å². The van der Waals surface area contributed by atoms with Crippen molar-refractivity contribution in [3.63, 3.8) is 0 Å². The van der Waals surface area contributed by atoms with Crippen LogP contribution in [0.4, 0.5) is 0 Å². The van der Waals surface area contributed by atoms with Gasteiger partial charge in [0.15, 0.2) is 0 Å². The van der Waals surface area contributed by atoms with Crippen molar-refractivity contribution in [1.82, 2.24) is 9.80 Å². The van der Waals surface area contributed by atoms with Crippen LogP contribution in [0.1, 0.15) is 53.4 Å². The monoisotopic (exact) mass is 238 g/mol. The molecule has 0 unspecified atom stereocenters. The van der Waals surface area contributed by atoms with Crippen LogP contribution in [0.15, 0.2) is 0 Å². The lowest BCUT2D eigenvalue weighted by molar-refractivity contribution is -0.0502. The van der Waals surface area contributed by atoms with Crippen molar-refractivity contribution in [2.24, 2.45) is 5.41 Å². The Kier molecular flexibility index (Phi) is 3.57. The quantitative estimate of drug-likeness (QED) is 0.730. The molecule has 1 saturated carbocycles. The molecule has 0 amide bonds. The lowest BCUT2D eigenvalue weighted by Gasteiger charge is -2.56. The Morgan fingerprint density at radius 2 is 1.71 bits per heavy atom. The highest BCUT2D eigenvalue weighted by molar-refractivity contribution is 5.01. The van der Waals surface area contributed by atoms with Crippen molar-refractivity contribution < 1.29 is 0 Å². The Balaban J connectivity index is 1.81. The molecule has 2 fully saturated rings. The standard InChI is InChI=1S/C15H30N2/c1-6-16(5)13-11-15(12-13)7-9-17(10-8-15)14(2,3)4/h13H,6-12H2,1-5H3. The molecule has 1 saturated heterocycles. The van der Waals surface area contributed by atoms with Gasteiger partial charge in [-0.1, -0.05) is 6.92 Å². The highest BCUT2D eigenvalue weighted by atomic mass is 15.2. The smallest absolute Gasteiger partial charge is 0.0125 e. The molecular formula is C15H30N2. The largest absolute Gasteiger partial charge is 0.304 e. The van der Waals surface area contributed by atoms with E-state index in [0.717, 1.165) is 11.5 Å². The van der Waals surface area contributed by atoms with E-state index in [1.54, 1.807) is 0 Å². The normalized spacial score (nSPS) is 26.5. The van der Waals surface area contributed by atoms with E-state index in [1.807, 2.05) is 0 Å². The summed E-state index contributed by atoms with van der Waals surface area (Å²) in [5.74, 6) is 0. The number of hydrogen-bond acceptors (Lipinski definition) is 2. The first kappa shape index (κ1) is 13.4. The lowest BCUT2D eigenvalue weighted by atomic mass is 9.60. The fourth-order valence-electron chi connectivity index (χ4n) is 3.57. The van der Waals surface area contributed by atoms with E-state index >= 15 is 0 Å². The Labute approximate surface area is 107 Å². The third kappa shape index (κ3) is 2.68. The van der Waals surface area contributed by atoms with Crippen LogP contribution in [0.25, 0.3) is 0 Å². The Hall–Kier alpha value is -0.0800. The minimum atomic E-state index is 0.366. The fourth-order valence-corrected chi connectivity index (χ4v) is 3.57. The van der Waals surface area contributed by atoms with Gasteiger partial charge in [-0.2, -0.15) is 0 Å². The SMILES string of the molecule is CCN(C)C1CC2(CCN(C(C)(C)C)CC2)C1. The summed E-state index contributed by atoms with van der Waals surface area (Å²) in [6.45, 7) is 13.1. The molecule has 0 aromatic carbocycles. The summed E-state index contributed by atoms with van der Waals surface area (Å²) in [5, 5.41) is 0. The second-order valence-corrected chi connectivity index (χ2v) is 7.29. The summed E-state index contributed by atoms with van der Waals surface area (Å²) in [4.78, 5) is 5.19. The zero-order valence-electron chi connectivity index (χ0n) is 12.4. The van der Waals surface area contributed by atoms with Crippen LogP contribution in [0.2, 0.25) is 0 Å². The third-order valence-electron chi connectivity index (χ3n) is 5.23. The van der Waals surface area contributed by atoms with Gasteiger partial charge in [0.25, 0.3) is 0 Å². The molecule has 1 heterocycles. The van der Waals surface area contributed by atoms with Gasteiger partial charge in [0, 0.05) is 11.6 Å². The highest BCUT2D eigenvalue weighted by Crippen LogP contribution is 2.51. The Morgan fingerprint density at radius 1 is 1.18 bits per heavy atom. The van der Waals surface area contributed by atoms with E-state index in [1.165, 1.54) is 45.3 Å². The number of rotatable bonds is 2. The maximum atomic E-state index is 2.66. The van der Waals surface area contributed by atoms with Gasteiger partial charge in [-0.3, -0.25) is 4.90 Å². The maximum absolute atomic E-state index is 2.66. The molecule has 100 valence electrons. The van der Waals surface area contributed by atoms with Crippen molar-refractivity contribution >= 4 is 0 Å². The van der Waals surface area contributed by atoms with Crippen LogP contribution >= 0.6 is 0 Å². The van der Waals surface area contributed by atoms with Gasteiger partial charge in [-0.25, -0.2) is 0 Å². The molecule has 2 heteroatoms. The van der Waals surface area contributed by atoms with Gasteiger partial charge in [0.2, 0.25) is 0 Å². The molecule has 17 heavy (non-hydrogen) atoms. The topological polar surface area (TPSA) is 6.48 Å². The minimum Gasteiger partial charge on any atom is -0.304 e. The molecule has 1 aliphatic heterocycles. The number of piperidine rings is 1. The van der Waals surface area contributed by atoms with Gasteiger partial charge in [0.1, 0.15) is 0 Å². The van der Waals surface area contributed by atoms with Gasteiger partial charge in [0.05, 0.1) is 0 Å². The first-order chi connectivity index (χ1) is 7.86. The van der Waals surface area contributed by atoms with Crippen molar-refractivity contribution in [3.05, 3.63) is 0 Å². The van der Waals surface area contributed by atoms with Crippen LogP contribution in [-0.2, 0) is 0 Å². The molecule has 0 radical (unpaired) electrons. The third-order valence-corrected chi connectivity index (χ3v) is 5.23. The molecule has 2 nitrogen and oxygen atoms in total. The van der Waals surface area contributed by atoms with Crippen LogP contribution in [0.5, 0.6) is 0 Å².